The molecule has 0 saturated heterocycles. The first-order valence-corrected chi connectivity index (χ1v) is 11.6. The summed E-state index contributed by atoms with van der Waals surface area (Å²) in [6, 6.07) is 23.1. The van der Waals surface area contributed by atoms with Crippen molar-refractivity contribution in [3.05, 3.63) is 99.4 Å². The zero-order valence-corrected chi connectivity index (χ0v) is 19.2. The van der Waals surface area contributed by atoms with Gasteiger partial charge < -0.3 is 5.32 Å². The molecule has 162 valence electrons. The van der Waals surface area contributed by atoms with E-state index in [0.717, 1.165) is 28.1 Å². The van der Waals surface area contributed by atoms with Gasteiger partial charge in [-0.15, -0.1) is 0 Å². The minimum absolute atomic E-state index is 0.0455. The third-order valence-corrected chi connectivity index (χ3v) is 6.55. The van der Waals surface area contributed by atoms with Crippen LogP contribution >= 0.6 is 23.4 Å². The summed E-state index contributed by atoms with van der Waals surface area (Å²) in [7, 11) is 0. The van der Waals surface area contributed by atoms with E-state index >= 15 is 0 Å². The van der Waals surface area contributed by atoms with Crippen molar-refractivity contribution in [2.45, 2.75) is 24.8 Å². The molecule has 4 nitrogen and oxygen atoms in total. The van der Waals surface area contributed by atoms with Gasteiger partial charge in [0, 0.05) is 16.5 Å². The largest absolute Gasteiger partial charge is 0.350 e. The molecule has 0 atom stereocenters. The van der Waals surface area contributed by atoms with Crippen LogP contribution in [0, 0.1) is 0 Å². The standard InChI is InChI=1S/C26H23ClN2O2S/c1-2-18-7-9-19(10-8-18)15-24-26(31)29(22-5-3-4-6-23(22)32-24)17-25(30)28-16-20-11-13-21(27)14-12-20/h3-15H,2,16-17H2,1H3,(H,28,30). The third kappa shape index (κ3) is 5.23. The second kappa shape index (κ2) is 10.1. The van der Waals surface area contributed by atoms with Gasteiger partial charge in [-0.25, -0.2) is 0 Å². The van der Waals surface area contributed by atoms with Crippen LogP contribution in [0.15, 0.2) is 82.6 Å². The van der Waals surface area contributed by atoms with E-state index in [1.54, 1.807) is 17.0 Å². The maximum Gasteiger partial charge on any atom is 0.265 e. The van der Waals surface area contributed by atoms with Gasteiger partial charge >= 0.3 is 0 Å². The van der Waals surface area contributed by atoms with Crippen molar-refractivity contribution in [2.75, 3.05) is 11.4 Å². The van der Waals surface area contributed by atoms with Crippen molar-refractivity contribution in [1.82, 2.24) is 5.32 Å². The first kappa shape index (κ1) is 22.2. The van der Waals surface area contributed by atoms with Crippen molar-refractivity contribution in [3.8, 4) is 0 Å². The lowest BCUT2D eigenvalue weighted by atomic mass is 10.1. The Labute approximate surface area is 197 Å². The van der Waals surface area contributed by atoms with E-state index in [4.69, 9.17) is 11.6 Å². The molecule has 4 rings (SSSR count). The molecule has 1 aliphatic rings. The van der Waals surface area contributed by atoms with Crippen molar-refractivity contribution in [3.63, 3.8) is 0 Å². The number of hydrogen-bond donors (Lipinski definition) is 1. The summed E-state index contributed by atoms with van der Waals surface area (Å²) in [5.74, 6) is -0.392. The molecule has 1 heterocycles. The van der Waals surface area contributed by atoms with E-state index < -0.39 is 0 Å². The van der Waals surface area contributed by atoms with Crippen LogP contribution in [0.2, 0.25) is 5.02 Å². The van der Waals surface area contributed by atoms with E-state index in [9.17, 15) is 9.59 Å². The van der Waals surface area contributed by atoms with Crippen LogP contribution < -0.4 is 10.2 Å². The van der Waals surface area contributed by atoms with Crippen LogP contribution in [0.5, 0.6) is 0 Å². The zero-order chi connectivity index (χ0) is 22.5. The van der Waals surface area contributed by atoms with Crippen molar-refractivity contribution in [1.29, 1.82) is 0 Å². The minimum atomic E-state index is -0.221. The fourth-order valence-corrected chi connectivity index (χ4v) is 4.61. The van der Waals surface area contributed by atoms with Crippen LogP contribution in [0.4, 0.5) is 5.69 Å². The number of halogens is 1. The van der Waals surface area contributed by atoms with Crippen LogP contribution in [0.25, 0.3) is 6.08 Å². The highest BCUT2D eigenvalue weighted by Gasteiger charge is 2.30. The predicted octanol–water partition coefficient (Wildman–Crippen LogP) is 5.70. The molecule has 0 bridgehead atoms. The molecule has 32 heavy (non-hydrogen) atoms. The lowest BCUT2D eigenvalue weighted by Crippen LogP contribution is -2.42. The molecule has 3 aromatic carbocycles. The quantitative estimate of drug-likeness (QED) is 0.478. The maximum absolute atomic E-state index is 13.3. The van der Waals surface area contributed by atoms with E-state index in [0.29, 0.717) is 16.5 Å². The molecule has 0 saturated carbocycles. The van der Waals surface area contributed by atoms with Gasteiger partial charge in [-0.2, -0.15) is 0 Å². The summed E-state index contributed by atoms with van der Waals surface area (Å²) < 4.78 is 0. The number of para-hydroxylation sites is 1. The Morgan fingerprint density at radius 3 is 2.41 bits per heavy atom. The Kier molecular flexibility index (Phi) is 6.98. The fourth-order valence-electron chi connectivity index (χ4n) is 3.42. The van der Waals surface area contributed by atoms with Gasteiger partial charge in [0.25, 0.3) is 5.91 Å². The van der Waals surface area contributed by atoms with Crippen LogP contribution in [-0.2, 0) is 22.6 Å². The second-order valence-corrected chi connectivity index (χ2v) is 8.99. The monoisotopic (exact) mass is 462 g/mol. The summed E-state index contributed by atoms with van der Waals surface area (Å²) >= 11 is 7.35. The van der Waals surface area contributed by atoms with Crippen molar-refractivity contribution < 1.29 is 9.59 Å². The molecule has 6 heteroatoms. The molecule has 1 aliphatic heterocycles. The van der Waals surface area contributed by atoms with E-state index in [1.807, 2.05) is 54.6 Å². The normalized spacial score (nSPS) is 14.4. The smallest absolute Gasteiger partial charge is 0.265 e. The number of nitrogens with zero attached hydrogens (tertiary/aromatic N) is 1. The Bertz CT molecular complexity index is 1160. The second-order valence-electron chi connectivity index (χ2n) is 7.47. The maximum atomic E-state index is 13.3. The highest BCUT2D eigenvalue weighted by Crippen LogP contribution is 2.41. The zero-order valence-electron chi connectivity index (χ0n) is 17.7. The molecular formula is C26H23ClN2O2S. The molecule has 2 amide bonds. The summed E-state index contributed by atoms with van der Waals surface area (Å²) in [4.78, 5) is 29.1. The minimum Gasteiger partial charge on any atom is -0.350 e. The fraction of sp³-hybridized carbons (Fsp3) is 0.154. The molecule has 0 aromatic heterocycles. The Balaban J connectivity index is 1.53. The Hall–Kier alpha value is -3.02. The first-order valence-electron chi connectivity index (χ1n) is 10.4. The van der Waals surface area contributed by atoms with Gasteiger partial charge in [0.15, 0.2) is 0 Å². The van der Waals surface area contributed by atoms with Gasteiger partial charge in [-0.1, -0.05) is 78.8 Å². The Morgan fingerprint density at radius 1 is 1.00 bits per heavy atom. The molecule has 0 radical (unpaired) electrons. The number of carbonyl (C=O) groups is 2. The number of carbonyl (C=O) groups excluding carboxylic acids is 2. The predicted molar refractivity (Wildman–Crippen MR) is 132 cm³/mol. The number of anilines is 1. The average molecular weight is 463 g/mol. The number of fused-ring (bicyclic) bond motifs is 1. The summed E-state index contributed by atoms with van der Waals surface area (Å²) in [6.07, 6.45) is 2.86. The summed E-state index contributed by atoms with van der Waals surface area (Å²) in [6.45, 7) is 2.44. The molecule has 3 aromatic rings. The number of benzene rings is 3. The van der Waals surface area contributed by atoms with Crippen LogP contribution in [0.3, 0.4) is 0 Å². The number of amides is 2. The van der Waals surface area contributed by atoms with Gasteiger partial charge in [0.05, 0.1) is 10.6 Å². The first-order chi connectivity index (χ1) is 15.5. The SMILES string of the molecule is CCc1ccc(C=C2Sc3ccccc3N(CC(=O)NCc3ccc(Cl)cc3)C2=O)cc1. The van der Waals surface area contributed by atoms with Gasteiger partial charge in [-0.3, -0.25) is 14.5 Å². The number of aryl methyl sites for hydroxylation is 1. The highest BCUT2D eigenvalue weighted by molar-refractivity contribution is 8.04. The van der Waals surface area contributed by atoms with Crippen molar-refractivity contribution in [2.24, 2.45) is 0 Å². The molecule has 0 spiro atoms. The van der Waals surface area contributed by atoms with E-state index in [-0.39, 0.29) is 18.4 Å². The average Bonchev–Trinajstić information content (AvgIpc) is 2.82. The van der Waals surface area contributed by atoms with Gasteiger partial charge in [0.1, 0.15) is 6.54 Å². The summed E-state index contributed by atoms with van der Waals surface area (Å²) in [5.41, 5.74) is 3.91. The number of hydrogen-bond acceptors (Lipinski definition) is 3. The number of thioether (sulfide) groups is 1. The molecule has 1 N–H and O–H groups in total. The molecular weight excluding hydrogens is 440 g/mol. The lowest BCUT2D eigenvalue weighted by molar-refractivity contribution is -0.122. The summed E-state index contributed by atoms with van der Waals surface area (Å²) in [5, 5.41) is 3.54. The third-order valence-electron chi connectivity index (χ3n) is 5.22. The van der Waals surface area contributed by atoms with Crippen LogP contribution in [-0.4, -0.2) is 18.4 Å². The topological polar surface area (TPSA) is 49.4 Å². The Morgan fingerprint density at radius 2 is 1.69 bits per heavy atom. The van der Waals surface area contributed by atoms with Crippen molar-refractivity contribution >= 4 is 46.9 Å². The van der Waals surface area contributed by atoms with E-state index in [2.05, 4.69) is 24.4 Å². The molecule has 0 aliphatic carbocycles. The van der Waals surface area contributed by atoms with Gasteiger partial charge in [0.2, 0.25) is 5.91 Å². The van der Waals surface area contributed by atoms with Crippen LogP contribution in [0.1, 0.15) is 23.6 Å². The number of rotatable bonds is 6. The number of nitrogens with one attached hydrogen (secondary N) is 1. The molecule has 0 unspecified atom stereocenters. The highest BCUT2D eigenvalue weighted by atomic mass is 35.5. The lowest BCUT2D eigenvalue weighted by Gasteiger charge is -2.29. The molecule has 0 fully saturated rings. The van der Waals surface area contributed by atoms with E-state index in [1.165, 1.54) is 17.3 Å². The van der Waals surface area contributed by atoms with Gasteiger partial charge in [-0.05, 0) is 53.5 Å².